The second kappa shape index (κ2) is 9.77. The van der Waals surface area contributed by atoms with E-state index in [4.69, 9.17) is 0 Å². The highest BCUT2D eigenvalue weighted by atomic mass is 32.2. The summed E-state index contributed by atoms with van der Waals surface area (Å²) < 4.78 is 1.97. The van der Waals surface area contributed by atoms with Gasteiger partial charge in [-0.3, -0.25) is 19.3 Å². The van der Waals surface area contributed by atoms with Crippen LogP contribution in [-0.2, 0) is 27.5 Å². The lowest BCUT2D eigenvalue weighted by atomic mass is 9.96. The molecule has 9 nitrogen and oxygen atoms in total. The fraction of sp³-hybridized carbons (Fsp3) is 0.542. The Hall–Kier alpha value is -2.88. The van der Waals surface area contributed by atoms with Crippen LogP contribution < -0.4 is 10.2 Å². The number of thioether (sulfide) groups is 1. The number of anilines is 2. The van der Waals surface area contributed by atoms with E-state index in [1.54, 1.807) is 24.8 Å². The van der Waals surface area contributed by atoms with E-state index in [9.17, 15) is 14.4 Å². The number of nitrogens with one attached hydrogen (secondary N) is 1. The third kappa shape index (κ3) is 4.55. The summed E-state index contributed by atoms with van der Waals surface area (Å²) in [4.78, 5) is 42.3. The van der Waals surface area contributed by atoms with E-state index >= 15 is 0 Å². The number of hydrogen-bond donors (Lipinski definition) is 1. The first-order valence-electron chi connectivity index (χ1n) is 11.8. The minimum absolute atomic E-state index is 0.158. The molecule has 0 saturated carbocycles. The molecular formula is C24H32N6O3S. The molecule has 1 fully saturated rings. The molecule has 34 heavy (non-hydrogen) atoms. The molecule has 182 valence electrons. The summed E-state index contributed by atoms with van der Waals surface area (Å²) in [6.45, 7) is 9.12. The van der Waals surface area contributed by atoms with Crippen molar-refractivity contribution < 1.29 is 14.4 Å². The van der Waals surface area contributed by atoms with Crippen molar-refractivity contribution in [1.29, 1.82) is 0 Å². The summed E-state index contributed by atoms with van der Waals surface area (Å²) in [6.07, 6.45) is 3.58. The van der Waals surface area contributed by atoms with Crippen LogP contribution in [0, 0.1) is 0 Å². The molecule has 0 aliphatic carbocycles. The third-order valence-electron chi connectivity index (χ3n) is 6.47. The van der Waals surface area contributed by atoms with Gasteiger partial charge in [-0.05, 0) is 52.7 Å². The van der Waals surface area contributed by atoms with Gasteiger partial charge in [0.2, 0.25) is 17.7 Å². The Morgan fingerprint density at radius 2 is 1.94 bits per heavy atom. The normalized spacial score (nSPS) is 18.8. The van der Waals surface area contributed by atoms with Crippen LogP contribution in [0.3, 0.4) is 0 Å². The Kier molecular flexibility index (Phi) is 6.97. The van der Waals surface area contributed by atoms with Crippen LogP contribution in [0.5, 0.6) is 0 Å². The number of para-hydroxylation sites is 2. The minimum atomic E-state index is -1.03. The van der Waals surface area contributed by atoms with Crippen LogP contribution in [0.25, 0.3) is 0 Å². The van der Waals surface area contributed by atoms with Gasteiger partial charge in [-0.2, -0.15) is 0 Å². The molecule has 1 unspecified atom stereocenters. The van der Waals surface area contributed by atoms with Crippen LogP contribution in [0.4, 0.5) is 11.4 Å². The summed E-state index contributed by atoms with van der Waals surface area (Å²) >= 11 is 1.32. The molecular weight excluding hydrogens is 452 g/mol. The minimum Gasteiger partial charge on any atom is -0.335 e. The van der Waals surface area contributed by atoms with E-state index in [1.807, 2.05) is 41.5 Å². The number of fused-ring (bicyclic) bond motifs is 1. The standard InChI is InChI=1S/C24H32N6O3S/c1-5-29-19(15-28-14-10-6-7-13-20(28)31)26-27-23(29)34-16(2)21(32)30-18-12-9-8-11-17(18)25-22(33)24(30,3)4/h8-9,11-12,16H,5-7,10,13-15H2,1-4H3,(H,25,33). The summed E-state index contributed by atoms with van der Waals surface area (Å²) in [5.74, 6) is 0.484. The first kappa shape index (κ1) is 24.3. The van der Waals surface area contributed by atoms with Gasteiger partial charge in [-0.15, -0.1) is 10.2 Å². The number of hydrogen-bond acceptors (Lipinski definition) is 6. The van der Waals surface area contributed by atoms with E-state index in [-0.39, 0.29) is 17.7 Å². The van der Waals surface area contributed by atoms with Crippen LogP contribution in [0.15, 0.2) is 29.4 Å². The first-order chi connectivity index (χ1) is 16.2. The molecule has 4 rings (SSSR count). The highest BCUT2D eigenvalue weighted by molar-refractivity contribution is 8.00. The molecule has 2 aliphatic rings. The van der Waals surface area contributed by atoms with Gasteiger partial charge in [0.1, 0.15) is 5.54 Å². The molecule has 1 aromatic carbocycles. The molecule has 1 atom stereocenters. The predicted molar refractivity (Wildman–Crippen MR) is 132 cm³/mol. The van der Waals surface area contributed by atoms with Gasteiger partial charge in [0, 0.05) is 19.5 Å². The van der Waals surface area contributed by atoms with Gasteiger partial charge >= 0.3 is 0 Å². The average molecular weight is 485 g/mol. The number of aromatic nitrogens is 3. The molecule has 2 aliphatic heterocycles. The van der Waals surface area contributed by atoms with Crippen molar-refractivity contribution in [2.75, 3.05) is 16.8 Å². The SMILES string of the molecule is CCn1c(CN2CCCCCC2=O)nnc1SC(C)C(=O)N1c2ccccc2NC(=O)C1(C)C. The van der Waals surface area contributed by atoms with Crippen molar-refractivity contribution in [3.63, 3.8) is 0 Å². The van der Waals surface area contributed by atoms with Crippen molar-refractivity contribution in [3.8, 4) is 0 Å². The lowest BCUT2D eigenvalue weighted by molar-refractivity contribution is -0.131. The molecule has 0 radical (unpaired) electrons. The van der Waals surface area contributed by atoms with E-state index in [1.165, 1.54) is 11.8 Å². The number of benzene rings is 1. The molecule has 1 saturated heterocycles. The zero-order valence-electron chi connectivity index (χ0n) is 20.2. The molecule has 10 heteroatoms. The Labute approximate surface area is 204 Å². The number of nitrogens with zero attached hydrogens (tertiary/aromatic N) is 5. The van der Waals surface area contributed by atoms with Gasteiger partial charge in [0.15, 0.2) is 11.0 Å². The van der Waals surface area contributed by atoms with Gasteiger partial charge in [0.25, 0.3) is 0 Å². The quantitative estimate of drug-likeness (QED) is 0.631. The third-order valence-corrected chi connectivity index (χ3v) is 7.54. The Bertz CT molecular complexity index is 1100. The maximum atomic E-state index is 13.6. The molecule has 1 N–H and O–H groups in total. The Morgan fingerprint density at radius 3 is 2.71 bits per heavy atom. The fourth-order valence-electron chi connectivity index (χ4n) is 4.45. The lowest BCUT2D eigenvalue weighted by Gasteiger charge is -2.43. The highest BCUT2D eigenvalue weighted by Gasteiger charge is 2.45. The van der Waals surface area contributed by atoms with Crippen molar-refractivity contribution >= 4 is 40.9 Å². The molecule has 3 amide bonds. The van der Waals surface area contributed by atoms with E-state index in [2.05, 4.69) is 15.5 Å². The van der Waals surface area contributed by atoms with E-state index in [0.29, 0.717) is 36.0 Å². The Balaban J connectivity index is 1.55. The second-order valence-electron chi connectivity index (χ2n) is 9.23. The average Bonchev–Trinajstić information content (AvgIpc) is 3.06. The largest absolute Gasteiger partial charge is 0.335 e. The monoisotopic (exact) mass is 484 g/mol. The topological polar surface area (TPSA) is 100 Å². The van der Waals surface area contributed by atoms with Gasteiger partial charge in [0.05, 0.1) is 23.2 Å². The highest BCUT2D eigenvalue weighted by Crippen LogP contribution is 2.38. The lowest BCUT2D eigenvalue weighted by Crippen LogP contribution is -2.60. The summed E-state index contributed by atoms with van der Waals surface area (Å²) in [5.41, 5.74) is 0.275. The molecule has 3 heterocycles. The number of amides is 3. The zero-order valence-corrected chi connectivity index (χ0v) is 21.0. The first-order valence-corrected chi connectivity index (χ1v) is 12.7. The number of carbonyl (C=O) groups is 3. The zero-order chi connectivity index (χ0) is 24.5. The van der Waals surface area contributed by atoms with Gasteiger partial charge in [-0.25, -0.2) is 0 Å². The summed E-state index contributed by atoms with van der Waals surface area (Å²) in [6, 6.07) is 7.33. The van der Waals surface area contributed by atoms with Crippen LogP contribution >= 0.6 is 11.8 Å². The van der Waals surface area contributed by atoms with Crippen LogP contribution in [0.1, 0.15) is 59.2 Å². The van der Waals surface area contributed by atoms with Gasteiger partial charge in [-0.1, -0.05) is 30.3 Å². The van der Waals surface area contributed by atoms with Crippen LogP contribution in [-0.4, -0.2) is 54.7 Å². The maximum Gasteiger partial charge on any atom is 0.250 e. The summed E-state index contributed by atoms with van der Waals surface area (Å²) in [5, 5.41) is 11.7. The van der Waals surface area contributed by atoms with E-state index in [0.717, 1.165) is 31.6 Å². The molecule has 2 aromatic rings. The van der Waals surface area contributed by atoms with Crippen LogP contribution in [0.2, 0.25) is 0 Å². The fourth-order valence-corrected chi connectivity index (χ4v) is 5.43. The van der Waals surface area contributed by atoms with Crippen molar-refractivity contribution in [3.05, 3.63) is 30.1 Å². The number of rotatable bonds is 6. The van der Waals surface area contributed by atoms with E-state index < -0.39 is 10.8 Å². The number of carbonyl (C=O) groups excluding carboxylic acids is 3. The van der Waals surface area contributed by atoms with Crippen molar-refractivity contribution in [2.45, 2.75) is 82.4 Å². The van der Waals surface area contributed by atoms with Crippen molar-refractivity contribution in [2.24, 2.45) is 0 Å². The van der Waals surface area contributed by atoms with Gasteiger partial charge < -0.3 is 14.8 Å². The predicted octanol–water partition coefficient (Wildman–Crippen LogP) is 3.45. The second-order valence-corrected chi connectivity index (χ2v) is 10.5. The van der Waals surface area contributed by atoms with Crippen molar-refractivity contribution in [1.82, 2.24) is 19.7 Å². The number of likely N-dealkylation sites (tertiary alicyclic amines) is 1. The molecule has 0 bridgehead atoms. The maximum absolute atomic E-state index is 13.6. The Morgan fingerprint density at radius 1 is 1.18 bits per heavy atom. The molecule has 1 aromatic heterocycles. The summed E-state index contributed by atoms with van der Waals surface area (Å²) in [7, 11) is 0. The smallest absolute Gasteiger partial charge is 0.250 e. The molecule has 0 spiro atoms.